The molecule has 1 aliphatic rings. The largest absolute Gasteiger partial charge is 0.337 e. The standard InChI is InChI=1S/C18H19FN4O2/c19-15-4-2-14(3-5-15)17(24)22-10-1-11-23(13-12-22)18(25)21-16-6-8-20-9-7-16/h2-9H,1,10-13H2,(H,20,21,25). The summed E-state index contributed by atoms with van der Waals surface area (Å²) in [5.41, 5.74) is 1.14. The van der Waals surface area contributed by atoms with E-state index < -0.39 is 0 Å². The van der Waals surface area contributed by atoms with Crippen molar-refractivity contribution in [1.29, 1.82) is 0 Å². The lowest BCUT2D eigenvalue weighted by atomic mass is 10.2. The number of halogens is 1. The predicted molar refractivity (Wildman–Crippen MR) is 91.7 cm³/mol. The van der Waals surface area contributed by atoms with E-state index in [2.05, 4.69) is 10.3 Å². The molecule has 0 aliphatic carbocycles. The van der Waals surface area contributed by atoms with Gasteiger partial charge >= 0.3 is 6.03 Å². The van der Waals surface area contributed by atoms with E-state index in [0.29, 0.717) is 43.9 Å². The molecule has 3 rings (SSSR count). The number of carbonyl (C=O) groups is 2. The number of nitrogens with one attached hydrogen (secondary N) is 1. The molecule has 7 heteroatoms. The molecule has 0 unspecified atom stereocenters. The van der Waals surface area contributed by atoms with E-state index in [1.54, 1.807) is 34.3 Å². The van der Waals surface area contributed by atoms with Crippen LogP contribution in [-0.2, 0) is 0 Å². The number of urea groups is 1. The van der Waals surface area contributed by atoms with Crippen LogP contribution in [0.15, 0.2) is 48.8 Å². The van der Waals surface area contributed by atoms with Gasteiger partial charge < -0.3 is 15.1 Å². The van der Waals surface area contributed by atoms with Crippen molar-refractivity contribution in [3.05, 3.63) is 60.2 Å². The average molecular weight is 342 g/mol. The van der Waals surface area contributed by atoms with E-state index in [4.69, 9.17) is 0 Å². The van der Waals surface area contributed by atoms with Gasteiger partial charge in [-0.05, 0) is 42.8 Å². The number of amides is 3. The summed E-state index contributed by atoms with van der Waals surface area (Å²) in [5, 5.41) is 2.82. The highest BCUT2D eigenvalue weighted by Gasteiger charge is 2.22. The first-order chi connectivity index (χ1) is 12.1. The molecule has 25 heavy (non-hydrogen) atoms. The lowest BCUT2D eigenvalue weighted by Gasteiger charge is -2.22. The van der Waals surface area contributed by atoms with Gasteiger partial charge in [-0.15, -0.1) is 0 Å². The Hall–Kier alpha value is -2.96. The number of nitrogens with zero attached hydrogens (tertiary/aromatic N) is 3. The van der Waals surface area contributed by atoms with Crippen molar-refractivity contribution in [2.45, 2.75) is 6.42 Å². The van der Waals surface area contributed by atoms with E-state index in [9.17, 15) is 14.0 Å². The fourth-order valence-electron chi connectivity index (χ4n) is 2.74. The van der Waals surface area contributed by atoms with Gasteiger partial charge in [0.15, 0.2) is 0 Å². The quantitative estimate of drug-likeness (QED) is 0.912. The van der Waals surface area contributed by atoms with Crippen molar-refractivity contribution in [2.24, 2.45) is 0 Å². The van der Waals surface area contributed by atoms with Crippen molar-refractivity contribution >= 4 is 17.6 Å². The van der Waals surface area contributed by atoms with Gasteiger partial charge in [0.2, 0.25) is 0 Å². The monoisotopic (exact) mass is 342 g/mol. The zero-order valence-electron chi connectivity index (χ0n) is 13.7. The van der Waals surface area contributed by atoms with Crippen LogP contribution in [0, 0.1) is 5.82 Å². The number of carbonyl (C=O) groups excluding carboxylic acids is 2. The highest BCUT2D eigenvalue weighted by atomic mass is 19.1. The Morgan fingerprint density at radius 2 is 1.56 bits per heavy atom. The van der Waals surface area contributed by atoms with Gasteiger partial charge in [0, 0.05) is 49.8 Å². The van der Waals surface area contributed by atoms with E-state index >= 15 is 0 Å². The number of hydrogen-bond acceptors (Lipinski definition) is 3. The molecule has 0 bridgehead atoms. The van der Waals surface area contributed by atoms with Crippen LogP contribution in [0.5, 0.6) is 0 Å². The van der Waals surface area contributed by atoms with E-state index in [1.807, 2.05) is 0 Å². The van der Waals surface area contributed by atoms with Crippen LogP contribution in [0.25, 0.3) is 0 Å². The Labute approximate surface area is 145 Å². The molecule has 6 nitrogen and oxygen atoms in total. The van der Waals surface area contributed by atoms with Crippen molar-refractivity contribution < 1.29 is 14.0 Å². The Balaban J connectivity index is 1.59. The third-order valence-electron chi connectivity index (χ3n) is 4.09. The molecule has 0 radical (unpaired) electrons. The first kappa shape index (κ1) is 16.9. The highest BCUT2D eigenvalue weighted by Crippen LogP contribution is 2.12. The number of aromatic nitrogens is 1. The van der Waals surface area contributed by atoms with Crippen molar-refractivity contribution in [3.8, 4) is 0 Å². The second-order valence-corrected chi connectivity index (χ2v) is 5.81. The molecule has 0 spiro atoms. The summed E-state index contributed by atoms with van der Waals surface area (Å²) in [7, 11) is 0. The molecule has 1 aromatic carbocycles. The smallest absolute Gasteiger partial charge is 0.321 e. The molecule has 1 aliphatic heterocycles. The third kappa shape index (κ3) is 4.32. The topological polar surface area (TPSA) is 65.5 Å². The molecule has 0 saturated carbocycles. The summed E-state index contributed by atoms with van der Waals surface area (Å²) in [6.07, 6.45) is 3.92. The SMILES string of the molecule is O=C(Nc1ccncc1)N1CCCN(C(=O)c2ccc(F)cc2)CC1. The van der Waals surface area contributed by atoms with Crippen molar-refractivity contribution in [3.63, 3.8) is 0 Å². The van der Waals surface area contributed by atoms with E-state index in [0.717, 1.165) is 0 Å². The molecule has 1 aromatic heterocycles. The summed E-state index contributed by atoms with van der Waals surface area (Å²) >= 11 is 0. The zero-order chi connectivity index (χ0) is 17.6. The fourth-order valence-corrected chi connectivity index (χ4v) is 2.74. The van der Waals surface area contributed by atoms with Crippen LogP contribution >= 0.6 is 0 Å². The van der Waals surface area contributed by atoms with Gasteiger partial charge in [0.1, 0.15) is 5.82 Å². The van der Waals surface area contributed by atoms with Gasteiger partial charge in [-0.25, -0.2) is 9.18 Å². The van der Waals surface area contributed by atoms with E-state index in [-0.39, 0.29) is 17.8 Å². The van der Waals surface area contributed by atoms with Crippen LogP contribution in [0.3, 0.4) is 0 Å². The minimum absolute atomic E-state index is 0.142. The molecule has 1 N–H and O–H groups in total. The minimum Gasteiger partial charge on any atom is -0.337 e. The van der Waals surface area contributed by atoms with Gasteiger partial charge in [-0.2, -0.15) is 0 Å². The number of anilines is 1. The third-order valence-corrected chi connectivity index (χ3v) is 4.09. The molecule has 0 atom stereocenters. The summed E-state index contributed by atoms with van der Waals surface area (Å²) in [6.45, 7) is 2.03. The Morgan fingerprint density at radius 3 is 2.28 bits per heavy atom. The van der Waals surface area contributed by atoms with Gasteiger partial charge in [-0.1, -0.05) is 0 Å². The number of hydrogen-bond donors (Lipinski definition) is 1. The molecule has 1 saturated heterocycles. The predicted octanol–water partition coefficient (Wildman–Crippen LogP) is 2.60. The van der Waals surface area contributed by atoms with Gasteiger partial charge in [0.05, 0.1) is 0 Å². The first-order valence-corrected chi connectivity index (χ1v) is 8.14. The molecule has 2 aromatic rings. The Bertz CT molecular complexity index is 737. The van der Waals surface area contributed by atoms with Crippen LogP contribution in [0.2, 0.25) is 0 Å². The Morgan fingerprint density at radius 1 is 0.920 bits per heavy atom. The van der Waals surface area contributed by atoms with Crippen LogP contribution in [0.4, 0.5) is 14.9 Å². The summed E-state index contributed by atoms with van der Waals surface area (Å²) in [5.74, 6) is -0.511. The zero-order valence-corrected chi connectivity index (χ0v) is 13.7. The molecule has 1 fully saturated rings. The maximum atomic E-state index is 13.0. The Kier molecular flexibility index (Phi) is 5.23. The lowest BCUT2D eigenvalue weighted by molar-refractivity contribution is 0.0762. The van der Waals surface area contributed by atoms with Gasteiger partial charge in [0.25, 0.3) is 5.91 Å². The number of pyridine rings is 1. The number of rotatable bonds is 2. The maximum absolute atomic E-state index is 13.0. The summed E-state index contributed by atoms with van der Waals surface area (Å²) < 4.78 is 13.0. The average Bonchev–Trinajstić information content (AvgIpc) is 2.89. The molecule has 130 valence electrons. The molecule has 3 amide bonds. The van der Waals surface area contributed by atoms with Crippen LogP contribution in [-0.4, -0.2) is 52.9 Å². The van der Waals surface area contributed by atoms with Gasteiger partial charge in [-0.3, -0.25) is 9.78 Å². The summed E-state index contributed by atoms with van der Waals surface area (Å²) in [4.78, 5) is 32.2. The second kappa shape index (κ2) is 7.74. The molecule has 2 heterocycles. The summed E-state index contributed by atoms with van der Waals surface area (Å²) in [6, 6.07) is 8.77. The normalized spacial score (nSPS) is 14.8. The van der Waals surface area contributed by atoms with E-state index in [1.165, 1.54) is 24.3 Å². The molecular weight excluding hydrogens is 323 g/mol. The molecular formula is C18H19FN4O2. The lowest BCUT2D eigenvalue weighted by Crippen LogP contribution is -2.39. The minimum atomic E-state index is -0.369. The second-order valence-electron chi connectivity index (χ2n) is 5.81. The maximum Gasteiger partial charge on any atom is 0.321 e. The van der Waals surface area contributed by atoms with Crippen LogP contribution in [0.1, 0.15) is 16.8 Å². The van der Waals surface area contributed by atoms with Crippen LogP contribution < -0.4 is 5.32 Å². The first-order valence-electron chi connectivity index (χ1n) is 8.14. The van der Waals surface area contributed by atoms with Crippen molar-refractivity contribution in [2.75, 3.05) is 31.5 Å². The highest BCUT2D eigenvalue weighted by molar-refractivity contribution is 5.94. The number of benzene rings is 1. The van der Waals surface area contributed by atoms with Crippen molar-refractivity contribution in [1.82, 2.24) is 14.8 Å². The fraction of sp³-hybridized carbons (Fsp3) is 0.278.